The molecule has 1 amide bonds. The van der Waals surface area contributed by atoms with Crippen LogP contribution in [-0.2, 0) is 9.67 Å². The SMILES string of the molecule is CC(=O)N1N=C(c2ccccc2F)SC12c1ccccc1OCC2CCN. The summed E-state index contributed by atoms with van der Waals surface area (Å²) in [5.41, 5.74) is 7.11. The Morgan fingerprint density at radius 2 is 2.07 bits per heavy atom. The molecule has 2 atom stereocenters. The van der Waals surface area contributed by atoms with Crippen LogP contribution >= 0.6 is 11.8 Å². The average molecular weight is 385 g/mol. The summed E-state index contributed by atoms with van der Waals surface area (Å²) in [5.74, 6) is 0.0846. The summed E-state index contributed by atoms with van der Waals surface area (Å²) in [6, 6.07) is 14.1. The third-order valence-corrected chi connectivity index (χ3v) is 6.47. The van der Waals surface area contributed by atoms with Crippen molar-refractivity contribution in [2.75, 3.05) is 13.2 Å². The molecular weight excluding hydrogens is 365 g/mol. The number of hydrogen-bond donors (Lipinski definition) is 1. The van der Waals surface area contributed by atoms with E-state index in [-0.39, 0.29) is 17.6 Å². The molecule has 27 heavy (non-hydrogen) atoms. The van der Waals surface area contributed by atoms with Crippen LogP contribution in [0, 0.1) is 11.7 Å². The molecule has 7 heteroatoms. The van der Waals surface area contributed by atoms with Crippen molar-refractivity contribution >= 4 is 22.7 Å². The van der Waals surface area contributed by atoms with Crippen LogP contribution in [0.4, 0.5) is 4.39 Å². The van der Waals surface area contributed by atoms with Crippen molar-refractivity contribution in [1.82, 2.24) is 5.01 Å². The van der Waals surface area contributed by atoms with Gasteiger partial charge >= 0.3 is 0 Å². The van der Waals surface area contributed by atoms with Gasteiger partial charge in [-0.05, 0) is 31.2 Å². The van der Waals surface area contributed by atoms with Gasteiger partial charge in [0.2, 0.25) is 5.91 Å². The highest BCUT2D eigenvalue weighted by molar-refractivity contribution is 8.15. The van der Waals surface area contributed by atoms with Crippen LogP contribution in [0.2, 0.25) is 0 Å². The molecule has 5 nitrogen and oxygen atoms in total. The maximum Gasteiger partial charge on any atom is 0.241 e. The van der Waals surface area contributed by atoms with Gasteiger partial charge in [0.15, 0.2) is 4.87 Å². The maximum atomic E-state index is 14.4. The Hall–Kier alpha value is -2.38. The monoisotopic (exact) mass is 385 g/mol. The summed E-state index contributed by atoms with van der Waals surface area (Å²) in [6.45, 7) is 2.36. The third-order valence-electron chi connectivity index (χ3n) is 4.94. The zero-order valence-electron chi connectivity index (χ0n) is 14.9. The standard InChI is InChI=1S/C20H20FN3O2S/c1-13(25)24-20(27-19(23-24)15-6-2-4-8-17(15)21)14(10-11-22)12-26-18-9-5-3-7-16(18)20/h2-9,14H,10-12,22H2,1H3. The average Bonchev–Trinajstić information content (AvgIpc) is 3.06. The van der Waals surface area contributed by atoms with E-state index in [0.717, 1.165) is 11.3 Å². The van der Waals surface area contributed by atoms with Crippen LogP contribution in [0.5, 0.6) is 5.75 Å². The second kappa shape index (κ2) is 6.98. The fourth-order valence-corrected chi connectivity index (χ4v) is 5.32. The number of amides is 1. The first-order chi connectivity index (χ1) is 13.1. The van der Waals surface area contributed by atoms with Crippen LogP contribution in [0.25, 0.3) is 0 Å². The molecule has 2 N–H and O–H groups in total. The first kappa shape index (κ1) is 18.0. The second-order valence-corrected chi connectivity index (χ2v) is 7.81. The topological polar surface area (TPSA) is 67.9 Å². The zero-order valence-corrected chi connectivity index (χ0v) is 15.7. The van der Waals surface area contributed by atoms with Crippen molar-refractivity contribution in [3.05, 3.63) is 65.5 Å². The number of nitrogens with two attached hydrogens (primary N) is 1. The van der Waals surface area contributed by atoms with Gasteiger partial charge in [0.1, 0.15) is 16.6 Å². The van der Waals surface area contributed by atoms with Crippen molar-refractivity contribution in [2.45, 2.75) is 18.2 Å². The molecule has 0 aliphatic carbocycles. The van der Waals surface area contributed by atoms with Gasteiger partial charge in [0.25, 0.3) is 0 Å². The zero-order chi connectivity index (χ0) is 19.0. The Morgan fingerprint density at radius 3 is 2.81 bits per heavy atom. The fraction of sp³-hybridized carbons (Fsp3) is 0.300. The number of fused-ring (bicyclic) bond motifs is 2. The van der Waals surface area contributed by atoms with E-state index in [1.54, 1.807) is 18.2 Å². The Kier molecular flexibility index (Phi) is 4.65. The summed E-state index contributed by atoms with van der Waals surface area (Å²) in [6.07, 6.45) is 0.658. The summed E-state index contributed by atoms with van der Waals surface area (Å²) >= 11 is 1.41. The molecule has 2 heterocycles. The van der Waals surface area contributed by atoms with Gasteiger partial charge in [-0.3, -0.25) is 4.79 Å². The van der Waals surface area contributed by atoms with Gasteiger partial charge in [-0.2, -0.15) is 5.10 Å². The predicted molar refractivity (Wildman–Crippen MR) is 104 cm³/mol. The summed E-state index contributed by atoms with van der Waals surface area (Å²) in [4.78, 5) is 11.8. The van der Waals surface area contributed by atoms with E-state index in [0.29, 0.717) is 30.2 Å². The molecule has 0 aromatic heterocycles. The van der Waals surface area contributed by atoms with Crippen molar-refractivity contribution in [2.24, 2.45) is 16.8 Å². The number of nitrogens with zero attached hydrogens (tertiary/aromatic N) is 2. The highest BCUT2D eigenvalue weighted by atomic mass is 32.2. The van der Waals surface area contributed by atoms with E-state index >= 15 is 0 Å². The van der Waals surface area contributed by atoms with Gasteiger partial charge in [-0.25, -0.2) is 9.40 Å². The smallest absolute Gasteiger partial charge is 0.241 e. The van der Waals surface area contributed by atoms with Gasteiger partial charge in [-0.15, -0.1) is 0 Å². The Labute approximate surface area is 161 Å². The van der Waals surface area contributed by atoms with Gasteiger partial charge < -0.3 is 10.5 Å². The Balaban J connectivity index is 1.89. The van der Waals surface area contributed by atoms with Gasteiger partial charge in [-0.1, -0.05) is 42.1 Å². The van der Waals surface area contributed by atoms with Gasteiger partial charge in [0, 0.05) is 24.0 Å². The lowest BCUT2D eigenvalue weighted by Crippen LogP contribution is -2.51. The molecule has 2 aromatic rings. The largest absolute Gasteiger partial charge is 0.493 e. The van der Waals surface area contributed by atoms with E-state index < -0.39 is 4.87 Å². The molecule has 2 aliphatic heterocycles. The lowest BCUT2D eigenvalue weighted by atomic mass is 9.86. The lowest BCUT2D eigenvalue weighted by Gasteiger charge is -2.45. The Bertz CT molecular complexity index is 920. The lowest BCUT2D eigenvalue weighted by molar-refractivity contribution is -0.134. The minimum Gasteiger partial charge on any atom is -0.493 e. The quantitative estimate of drug-likeness (QED) is 0.880. The number of benzene rings is 2. The molecular formula is C20H20FN3O2S. The minimum atomic E-state index is -0.794. The molecule has 0 saturated carbocycles. The second-order valence-electron chi connectivity index (χ2n) is 6.60. The van der Waals surface area contributed by atoms with Crippen LogP contribution < -0.4 is 10.5 Å². The van der Waals surface area contributed by atoms with Crippen molar-refractivity contribution in [3.8, 4) is 5.75 Å². The number of rotatable bonds is 3. The summed E-state index contributed by atoms with van der Waals surface area (Å²) in [5, 5.41) is 6.53. The molecule has 0 saturated heterocycles. The first-order valence-electron chi connectivity index (χ1n) is 8.83. The Morgan fingerprint density at radius 1 is 1.33 bits per heavy atom. The normalized spacial score (nSPS) is 23.7. The van der Waals surface area contributed by atoms with Crippen LogP contribution in [0.15, 0.2) is 53.6 Å². The van der Waals surface area contributed by atoms with E-state index in [9.17, 15) is 9.18 Å². The minimum absolute atomic E-state index is 0.0701. The van der Waals surface area contributed by atoms with Crippen LogP contribution in [0.3, 0.4) is 0 Å². The number of carbonyl (C=O) groups excluding carboxylic acids is 1. The molecule has 1 spiro atoms. The van der Waals surface area contributed by atoms with E-state index in [4.69, 9.17) is 10.5 Å². The highest BCUT2D eigenvalue weighted by Crippen LogP contribution is 2.57. The number of hydrazone groups is 1. The van der Waals surface area contributed by atoms with E-state index in [1.807, 2.05) is 24.3 Å². The van der Waals surface area contributed by atoms with Crippen molar-refractivity contribution in [1.29, 1.82) is 0 Å². The van der Waals surface area contributed by atoms with Crippen LogP contribution in [-0.4, -0.2) is 29.1 Å². The molecule has 4 rings (SSSR count). The van der Waals surface area contributed by atoms with Gasteiger partial charge in [0.05, 0.1) is 6.61 Å². The van der Waals surface area contributed by atoms with E-state index in [1.165, 1.54) is 29.8 Å². The maximum absolute atomic E-state index is 14.4. The molecule has 0 bridgehead atoms. The number of hydrogen-bond acceptors (Lipinski definition) is 5. The third kappa shape index (κ3) is 2.82. The first-order valence-corrected chi connectivity index (χ1v) is 9.65. The predicted octanol–water partition coefficient (Wildman–Crippen LogP) is 3.29. The van der Waals surface area contributed by atoms with E-state index in [2.05, 4.69) is 5.10 Å². The highest BCUT2D eigenvalue weighted by Gasteiger charge is 2.56. The molecule has 2 aromatic carbocycles. The molecule has 2 aliphatic rings. The molecule has 140 valence electrons. The fourth-order valence-electron chi connectivity index (χ4n) is 3.74. The number of halogens is 1. The number of ether oxygens (including phenoxy) is 1. The summed E-state index contributed by atoms with van der Waals surface area (Å²) < 4.78 is 20.4. The molecule has 2 unspecified atom stereocenters. The molecule has 0 fully saturated rings. The van der Waals surface area contributed by atoms with Crippen molar-refractivity contribution < 1.29 is 13.9 Å². The summed E-state index contributed by atoms with van der Waals surface area (Å²) in [7, 11) is 0. The number of para-hydroxylation sites is 1. The molecule has 0 radical (unpaired) electrons. The number of carbonyl (C=O) groups is 1. The number of thioether (sulfide) groups is 1. The van der Waals surface area contributed by atoms with Crippen molar-refractivity contribution in [3.63, 3.8) is 0 Å². The van der Waals surface area contributed by atoms with Crippen LogP contribution in [0.1, 0.15) is 24.5 Å².